The molecule has 0 spiro atoms. The minimum Gasteiger partial charge on any atom is -0.497 e. The molecular weight excluding hydrogens is 324 g/mol. The molecule has 1 amide bonds. The molecule has 0 saturated carbocycles. The molecule has 2 aromatic carbocycles. The topological polar surface area (TPSA) is 41.9 Å². The van der Waals surface area contributed by atoms with Crippen LogP contribution in [0, 0.1) is 12.8 Å². The van der Waals surface area contributed by atoms with Crippen molar-refractivity contribution in [1.29, 1.82) is 0 Å². The van der Waals surface area contributed by atoms with Gasteiger partial charge in [-0.05, 0) is 49.1 Å². The normalized spacial score (nSPS) is 21.0. The Morgan fingerprint density at radius 2 is 2.00 bits per heavy atom. The molecule has 0 unspecified atom stereocenters. The molecule has 4 heteroatoms. The molecule has 2 atom stereocenters. The van der Waals surface area contributed by atoms with Crippen LogP contribution in [-0.2, 0) is 11.2 Å². The predicted octanol–water partition coefficient (Wildman–Crippen LogP) is 4.26. The molecule has 1 aliphatic heterocycles. The molecule has 4 rings (SSSR count). The molecule has 0 bridgehead atoms. The Kier molecular flexibility index (Phi) is 4.27. The van der Waals surface area contributed by atoms with Gasteiger partial charge >= 0.3 is 0 Å². The summed E-state index contributed by atoms with van der Waals surface area (Å²) in [5, 5.41) is 6.54. The SMILES string of the molecule is CCC(=O)N1N=C2c3ccc(OC)cc3CC[C@@H]2[C@H]1c1ccc(C)cc1. The smallest absolute Gasteiger partial charge is 0.242 e. The van der Waals surface area contributed by atoms with E-state index in [1.54, 1.807) is 12.1 Å². The Labute approximate surface area is 154 Å². The van der Waals surface area contributed by atoms with Crippen molar-refractivity contribution >= 4 is 11.6 Å². The molecule has 1 heterocycles. The molecule has 4 nitrogen and oxygen atoms in total. The summed E-state index contributed by atoms with van der Waals surface area (Å²) in [5.41, 5.74) is 5.85. The number of hydrazone groups is 1. The van der Waals surface area contributed by atoms with Crippen LogP contribution < -0.4 is 4.74 Å². The number of rotatable bonds is 3. The van der Waals surface area contributed by atoms with E-state index in [4.69, 9.17) is 9.84 Å². The molecule has 2 aromatic rings. The Morgan fingerprint density at radius 3 is 2.69 bits per heavy atom. The highest BCUT2D eigenvalue weighted by atomic mass is 16.5. The van der Waals surface area contributed by atoms with E-state index in [0.717, 1.165) is 35.4 Å². The second-order valence-corrected chi connectivity index (χ2v) is 7.10. The Bertz CT molecular complexity index is 870. The van der Waals surface area contributed by atoms with Crippen molar-refractivity contribution in [2.75, 3.05) is 7.11 Å². The number of benzene rings is 2. The molecule has 0 fully saturated rings. The van der Waals surface area contributed by atoms with E-state index in [2.05, 4.69) is 43.3 Å². The lowest BCUT2D eigenvalue weighted by atomic mass is 9.77. The summed E-state index contributed by atoms with van der Waals surface area (Å²) in [6.45, 7) is 3.98. The van der Waals surface area contributed by atoms with Crippen molar-refractivity contribution in [2.24, 2.45) is 11.0 Å². The van der Waals surface area contributed by atoms with E-state index >= 15 is 0 Å². The van der Waals surface area contributed by atoms with Gasteiger partial charge in [0, 0.05) is 17.9 Å². The maximum Gasteiger partial charge on any atom is 0.242 e. The highest BCUT2D eigenvalue weighted by Crippen LogP contribution is 2.44. The van der Waals surface area contributed by atoms with Crippen LogP contribution in [0.3, 0.4) is 0 Å². The average molecular weight is 348 g/mol. The number of carbonyl (C=O) groups excluding carboxylic acids is 1. The van der Waals surface area contributed by atoms with Gasteiger partial charge in [0.1, 0.15) is 5.75 Å². The number of amides is 1. The number of ether oxygens (including phenoxy) is 1. The molecule has 0 radical (unpaired) electrons. The quantitative estimate of drug-likeness (QED) is 0.831. The lowest BCUT2D eigenvalue weighted by Gasteiger charge is -2.29. The van der Waals surface area contributed by atoms with E-state index < -0.39 is 0 Å². The van der Waals surface area contributed by atoms with Crippen LogP contribution in [0.2, 0.25) is 0 Å². The number of aryl methyl sites for hydroxylation is 2. The van der Waals surface area contributed by atoms with Crippen molar-refractivity contribution in [3.63, 3.8) is 0 Å². The average Bonchev–Trinajstić information content (AvgIpc) is 3.07. The Balaban J connectivity index is 1.78. The Morgan fingerprint density at radius 1 is 1.23 bits per heavy atom. The fourth-order valence-electron chi connectivity index (χ4n) is 4.10. The third-order valence-corrected chi connectivity index (χ3v) is 5.50. The second-order valence-electron chi connectivity index (χ2n) is 7.10. The van der Waals surface area contributed by atoms with E-state index in [1.807, 2.05) is 13.0 Å². The molecule has 26 heavy (non-hydrogen) atoms. The van der Waals surface area contributed by atoms with Crippen LogP contribution >= 0.6 is 0 Å². The van der Waals surface area contributed by atoms with E-state index in [0.29, 0.717) is 6.42 Å². The summed E-state index contributed by atoms with van der Waals surface area (Å²) < 4.78 is 5.37. The first-order chi connectivity index (χ1) is 12.6. The summed E-state index contributed by atoms with van der Waals surface area (Å²) >= 11 is 0. The van der Waals surface area contributed by atoms with Crippen molar-refractivity contribution < 1.29 is 9.53 Å². The van der Waals surface area contributed by atoms with Crippen LogP contribution in [0.4, 0.5) is 0 Å². The fraction of sp³-hybridized carbons (Fsp3) is 0.364. The third kappa shape index (κ3) is 2.70. The van der Waals surface area contributed by atoms with E-state index in [-0.39, 0.29) is 17.9 Å². The summed E-state index contributed by atoms with van der Waals surface area (Å²) in [6, 6.07) is 14.7. The van der Waals surface area contributed by atoms with Crippen LogP contribution in [0.1, 0.15) is 48.1 Å². The van der Waals surface area contributed by atoms with Gasteiger partial charge < -0.3 is 4.74 Å². The maximum atomic E-state index is 12.6. The zero-order valence-electron chi connectivity index (χ0n) is 15.5. The summed E-state index contributed by atoms with van der Waals surface area (Å²) in [6.07, 6.45) is 2.43. The standard InChI is InChI=1S/C22H24N2O2/c1-4-20(25)24-22(15-7-5-14(2)6-8-15)19-11-9-16-13-17(26-3)10-12-18(16)21(19)23-24/h5-8,10,12-13,19,22H,4,9,11H2,1-3H3/t19-,22+/m0/s1. The first-order valence-corrected chi connectivity index (χ1v) is 9.26. The van der Waals surface area contributed by atoms with Gasteiger partial charge in [0.25, 0.3) is 0 Å². The van der Waals surface area contributed by atoms with Crippen LogP contribution in [0.5, 0.6) is 5.75 Å². The van der Waals surface area contributed by atoms with Crippen molar-refractivity contribution in [3.05, 3.63) is 64.7 Å². The molecule has 0 aromatic heterocycles. The second kappa shape index (κ2) is 6.60. The highest BCUT2D eigenvalue weighted by Gasteiger charge is 2.43. The van der Waals surface area contributed by atoms with Gasteiger partial charge in [-0.1, -0.05) is 36.8 Å². The molecular formula is C22H24N2O2. The number of carbonyl (C=O) groups is 1. The molecule has 0 N–H and O–H groups in total. The third-order valence-electron chi connectivity index (χ3n) is 5.50. The molecule has 1 aliphatic carbocycles. The van der Waals surface area contributed by atoms with Gasteiger partial charge in [-0.2, -0.15) is 5.10 Å². The van der Waals surface area contributed by atoms with Crippen LogP contribution in [-0.4, -0.2) is 23.7 Å². The largest absolute Gasteiger partial charge is 0.497 e. The first-order valence-electron chi connectivity index (χ1n) is 9.26. The van der Waals surface area contributed by atoms with E-state index in [1.165, 1.54) is 11.1 Å². The number of fused-ring (bicyclic) bond motifs is 3. The lowest BCUT2D eigenvalue weighted by molar-refractivity contribution is -0.133. The van der Waals surface area contributed by atoms with Crippen molar-refractivity contribution in [2.45, 2.75) is 39.2 Å². The zero-order valence-corrected chi connectivity index (χ0v) is 15.5. The summed E-state index contributed by atoms with van der Waals surface area (Å²) in [5.74, 6) is 1.19. The van der Waals surface area contributed by atoms with Gasteiger partial charge in [-0.25, -0.2) is 5.01 Å². The molecule has 0 saturated heterocycles. The number of nitrogens with zero attached hydrogens (tertiary/aromatic N) is 2. The van der Waals surface area contributed by atoms with Crippen molar-refractivity contribution in [1.82, 2.24) is 5.01 Å². The summed E-state index contributed by atoms with van der Waals surface area (Å²) in [4.78, 5) is 12.6. The van der Waals surface area contributed by atoms with Gasteiger partial charge in [0.05, 0.1) is 18.9 Å². The van der Waals surface area contributed by atoms with Gasteiger partial charge in [-0.3, -0.25) is 4.79 Å². The fourth-order valence-corrected chi connectivity index (χ4v) is 4.10. The van der Waals surface area contributed by atoms with E-state index in [9.17, 15) is 4.79 Å². The molecule has 2 aliphatic rings. The summed E-state index contributed by atoms with van der Waals surface area (Å²) in [7, 11) is 1.69. The maximum absolute atomic E-state index is 12.6. The molecule has 134 valence electrons. The number of hydrogen-bond acceptors (Lipinski definition) is 3. The van der Waals surface area contributed by atoms with Crippen LogP contribution in [0.25, 0.3) is 0 Å². The zero-order chi connectivity index (χ0) is 18.3. The lowest BCUT2D eigenvalue weighted by Crippen LogP contribution is -2.31. The van der Waals surface area contributed by atoms with Gasteiger partial charge in [0.2, 0.25) is 5.91 Å². The predicted molar refractivity (Wildman–Crippen MR) is 102 cm³/mol. The Hall–Kier alpha value is -2.62. The minimum absolute atomic E-state index is 0.00620. The minimum atomic E-state index is -0.00620. The van der Waals surface area contributed by atoms with Gasteiger partial charge in [-0.15, -0.1) is 0 Å². The number of hydrogen-bond donors (Lipinski definition) is 0. The number of methoxy groups -OCH3 is 1. The first kappa shape index (κ1) is 16.8. The van der Waals surface area contributed by atoms with Crippen LogP contribution in [0.15, 0.2) is 47.6 Å². The highest BCUT2D eigenvalue weighted by molar-refractivity contribution is 6.07. The van der Waals surface area contributed by atoms with Gasteiger partial charge in [0.15, 0.2) is 0 Å². The monoisotopic (exact) mass is 348 g/mol. The van der Waals surface area contributed by atoms with Crippen molar-refractivity contribution in [3.8, 4) is 5.75 Å².